The molecule has 0 bridgehead atoms. The maximum absolute atomic E-state index is 11.1. The summed E-state index contributed by atoms with van der Waals surface area (Å²) in [6.45, 7) is 2.05. The first-order chi connectivity index (χ1) is 8.04. The summed E-state index contributed by atoms with van der Waals surface area (Å²) >= 11 is 11.8. The van der Waals surface area contributed by atoms with Crippen molar-refractivity contribution in [3.05, 3.63) is 39.9 Å². The molecule has 17 heavy (non-hydrogen) atoms. The highest BCUT2D eigenvalue weighted by Crippen LogP contribution is 2.26. The molecule has 0 radical (unpaired) electrons. The van der Waals surface area contributed by atoms with Crippen LogP contribution in [0.3, 0.4) is 0 Å². The summed E-state index contributed by atoms with van der Waals surface area (Å²) in [6, 6.07) is 4.87. The number of ether oxygens (including phenoxy) is 1. The topological polar surface area (TPSA) is 52.3 Å². The maximum atomic E-state index is 11.1. The Bertz CT molecular complexity index is 444. The van der Waals surface area contributed by atoms with E-state index >= 15 is 0 Å². The van der Waals surface area contributed by atoms with Gasteiger partial charge in [-0.2, -0.15) is 0 Å². The summed E-state index contributed by atoms with van der Waals surface area (Å²) in [4.78, 5) is 11.1. The predicted molar refractivity (Wildman–Crippen MR) is 69.9 cm³/mol. The van der Waals surface area contributed by atoms with Crippen molar-refractivity contribution in [1.29, 1.82) is 0 Å². The van der Waals surface area contributed by atoms with Crippen LogP contribution in [0.1, 0.15) is 17.3 Å². The molecule has 0 fully saturated rings. The number of benzene rings is 1. The Hall–Kier alpha value is -1.03. The van der Waals surface area contributed by atoms with Crippen molar-refractivity contribution >= 4 is 29.0 Å². The number of carbonyl (C=O) groups is 1. The van der Waals surface area contributed by atoms with Crippen molar-refractivity contribution in [1.82, 2.24) is 0 Å². The standard InChI is InChI=1S/C12H13Cl2NO2/c1-8(16)9-2-3-12(11(14)6-9)17-7-10(13)4-5-15/h2-4,6H,5,7,15H2,1H3. The van der Waals surface area contributed by atoms with Crippen LogP contribution in [0.4, 0.5) is 0 Å². The van der Waals surface area contributed by atoms with E-state index in [0.717, 1.165) is 0 Å². The van der Waals surface area contributed by atoms with Crippen LogP contribution in [-0.4, -0.2) is 18.9 Å². The van der Waals surface area contributed by atoms with E-state index in [-0.39, 0.29) is 12.4 Å². The number of carbonyl (C=O) groups excluding carboxylic acids is 1. The fourth-order valence-electron chi connectivity index (χ4n) is 1.17. The number of nitrogens with two attached hydrogens (primary N) is 1. The monoisotopic (exact) mass is 273 g/mol. The van der Waals surface area contributed by atoms with E-state index in [4.69, 9.17) is 33.7 Å². The van der Waals surface area contributed by atoms with Crippen LogP contribution in [0.5, 0.6) is 5.75 Å². The highest BCUT2D eigenvalue weighted by molar-refractivity contribution is 6.32. The Labute approximate surface area is 110 Å². The summed E-state index contributed by atoms with van der Waals surface area (Å²) in [5, 5.41) is 0.897. The second-order valence-corrected chi connectivity index (χ2v) is 4.27. The Kier molecular flexibility index (Phi) is 5.48. The fraction of sp³-hybridized carbons (Fsp3) is 0.250. The minimum absolute atomic E-state index is 0.0421. The van der Waals surface area contributed by atoms with E-state index in [0.29, 0.717) is 27.9 Å². The molecular formula is C12H13Cl2NO2. The molecule has 1 aromatic rings. The number of halogens is 2. The molecule has 0 spiro atoms. The van der Waals surface area contributed by atoms with Gasteiger partial charge in [-0.25, -0.2) is 0 Å². The molecule has 0 aliphatic rings. The van der Waals surface area contributed by atoms with Crippen molar-refractivity contribution in [2.45, 2.75) is 6.92 Å². The first kappa shape index (κ1) is 14.0. The van der Waals surface area contributed by atoms with Gasteiger partial charge in [0, 0.05) is 12.1 Å². The Morgan fingerprint density at radius 2 is 2.24 bits per heavy atom. The SMILES string of the molecule is CC(=O)c1ccc(OCC(Cl)=CCN)c(Cl)c1. The highest BCUT2D eigenvalue weighted by Gasteiger charge is 2.06. The van der Waals surface area contributed by atoms with Crippen LogP contribution in [0.15, 0.2) is 29.3 Å². The number of hydrogen-bond donors (Lipinski definition) is 1. The Morgan fingerprint density at radius 3 is 2.76 bits per heavy atom. The van der Waals surface area contributed by atoms with Gasteiger partial charge in [-0.3, -0.25) is 4.79 Å². The lowest BCUT2D eigenvalue weighted by atomic mass is 10.1. The third-order valence-electron chi connectivity index (χ3n) is 2.04. The lowest BCUT2D eigenvalue weighted by Crippen LogP contribution is -2.02. The molecule has 3 nitrogen and oxygen atoms in total. The molecule has 0 heterocycles. The molecule has 5 heteroatoms. The van der Waals surface area contributed by atoms with E-state index in [9.17, 15) is 4.79 Å². The first-order valence-corrected chi connectivity index (χ1v) is 5.78. The largest absolute Gasteiger partial charge is 0.486 e. The van der Waals surface area contributed by atoms with Crippen LogP contribution in [0.25, 0.3) is 0 Å². The summed E-state index contributed by atoms with van der Waals surface area (Å²) in [5.41, 5.74) is 5.85. The van der Waals surface area contributed by atoms with Gasteiger partial charge in [-0.1, -0.05) is 29.3 Å². The normalized spacial score (nSPS) is 11.4. The van der Waals surface area contributed by atoms with E-state index in [2.05, 4.69) is 0 Å². The maximum Gasteiger partial charge on any atom is 0.159 e. The second-order valence-electron chi connectivity index (χ2n) is 3.38. The predicted octanol–water partition coefficient (Wildman–Crippen LogP) is 3.00. The number of hydrogen-bond acceptors (Lipinski definition) is 3. The minimum atomic E-state index is -0.0421. The van der Waals surface area contributed by atoms with Gasteiger partial charge in [0.2, 0.25) is 0 Å². The zero-order valence-electron chi connectivity index (χ0n) is 9.37. The van der Waals surface area contributed by atoms with Gasteiger partial charge in [-0.05, 0) is 25.1 Å². The zero-order chi connectivity index (χ0) is 12.8. The van der Waals surface area contributed by atoms with Gasteiger partial charge in [0.05, 0.1) is 10.1 Å². The van der Waals surface area contributed by atoms with Crippen LogP contribution in [0.2, 0.25) is 5.02 Å². The van der Waals surface area contributed by atoms with Crippen molar-refractivity contribution in [3.63, 3.8) is 0 Å². The molecule has 0 amide bonds. The molecule has 0 aliphatic heterocycles. The Balaban J connectivity index is 2.73. The Morgan fingerprint density at radius 1 is 1.53 bits per heavy atom. The average molecular weight is 274 g/mol. The molecule has 0 unspecified atom stereocenters. The number of Topliss-reactive ketones (excluding diaryl/α,β-unsaturated/α-hetero) is 1. The van der Waals surface area contributed by atoms with E-state index < -0.39 is 0 Å². The van der Waals surface area contributed by atoms with Gasteiger partial charge in [0.25, 0.3) is 0 Å². The second kappa shape index (κ2) is 6.64. The molecule has 1 aromatic carbocycles. The quantitative estimate of drug-likeness (QED) is 0.840. The number of ketones is 1. The summed E-state index contributed by atoms with van der Waals surface area (Å²) in [6.07, 6.45) is 1.65. The first-order valence-electron chi connectivity index (χ1n) is 5.02. The summed E-state index contributed by atoms with van der Waals surface area (Å²) in [7, 11) is 0. The fourth-order valence-corrected chi connectivity index (χ4v) is 1.55. The highest BCUT2D eigenvalue weighted by atomic mass is 35.5. The summed E-state index contributed by atoms with van der Waals surface area (Å²) < 4.78 is 5.39. The van der Waals surface area contributed by atoms with Crippen molar-refractivity contribution in [2.75, 3.05) is 13.2 Å². The summed E-state index contributed by atoms with van der Waals surface area (Å²) in [5.74, 6) is 0.444. The van der Waals surface area contributed by atoms with Crippen molar-refractivity contribution in [3.8, 4) is 5.75 Å². The zero-order valence-corrected chi connectivity index (χ0v) is 10.9. The molecule has 0 atom stereocenters. The van der Waals surface area contributed by atoms with Gasteiger partial charge >= 0.3 is 0 Å². The van der Waals surface area contributed by atoms with Crippen LogP contribution >= 0.6 is 23.2 Å². The van der Waals surface area contributed by atoms with Crippen molar-refractivity contribution in [2.24, 2.45) is 5.73 Å². The van der Waals surface area contributed by atoms with Crippen molar-refractivity contribution < 1.29 is 9.53 Å². The molecule has 1 rings (SSSR count). The molecule has 0 saturated carbocycles. The van der Waals surface area contributed by atoms with Gasteiger partial charge < -0.3 is 10.5 Å². The third kappa shape index (κ3) is 4.38. The number of rotatable bonds is 5. The lowest BCUT2D eigenvalue weighted by Gasteiger charge is -2.08. The average Bonchev–Trinajstić information content (AvgIpc) is 2.27. The van der Waals surface area contributed by atoms with Gasteiger partial charge in [0.1, 0.15) is 12.4 Å². The molecule has 2 N–H and O–H groups in total. The lowest BCUT2D eigenvalue weighted by molar-refractivity contribution is 0.101. The molecular weight excluding hydrogens is 261 g/mol. The minimum Gasteiger partial charge on any atom is -0.486 e. The molecule has 0 aromatic heterocycles. The van der Waals surface area contributed by atoms with Crippen LogP contribution in [-0.2, 0) is 0 Å². The third-order valence-corrected chi connectivity index (χ3v) is 2.60. The molecule has 92 valence electrons. The molecule has 0 aliphatic carbocycles. The van der Waals surface area contributed by atoms with Gasteiger partial charge in [-0.15, -0.1) is 0 Å². The van der Waals surface area contributed by atoms with Gasteiger partial charge in [0.15, 0.2) is 5.78 Å². The van der Waals surface area contributed by atoms with E-state index in [1.165, 1.54) is 6.92 Å². The molecule has 0 saturated heterocycles. The smallest absolute Gasteiger partial charge is 0.159 e. The van der Waals surface area contributed by atoms with E-state index in [1.54, 1.807) is 24.3 Å². The van der Waals surface area contributed by atoms with Crippen LogP contribution < -0.4 is 10.5 Å². The van der Waals surface area contributed by atoms with Crippen LogP contribution in [0, 0.1) is 0 Å². The van der Waals surface area contributed by atoms with E-state index in [1.807, 2.05) is 0 Å².